The summed E-state index contributed by atoms with van der Waals surface area (Å²) in [7, 11) is 0. The number of hydrogen-bond donors (Lipinski definition) is 0. The number of rotatable bonds is 4. The van der Waals surface area contributed by atoms with Crippen molar-refractivity contribution in [3.63, 3.8) is 0 Å². The SMILES string of the molecule is CCOC(=O)C(C1CCCCO1)C1CCCCO1. The molecule has 2 atom stereocenters. The summed E-state index contributed by atoms with van der Waals surface area (Å²) in [4.78, 5) is 12.2. The van der Waals surface area contributed by atoms with Gasteiger partial charge in [0, 0.05) is 13.2 Å². The number of carbonyl (C=O) groups is 1. The summed E-state index contributed by atoms with van der Waals surface area (Å²) < 4.78 is 16.8. The van der Waals surface area contributed by atoms with Crippen LogP contribution in [0.3, 0.4) is 0 Å². The maximum Gasteiger partial charge on any atom is 0.314 e. The molecule has 4 heteroatoms. The second-order valence-electron chi connectivity index (χ2n) is 5.09. The van der Waals surface area contributed by atoms with Gasteiger partial charge in [-0.3, -0.25) is 4.79 Å². The summed E-state index contributed by atoms with van der Waals surface area (Å²) in [6.07, 6.45) is 6.32. The minimum atomic E-state index is -0.231. The monoisotopic (exact) mass is 256 g/mol. The van der Waals surface area contributed by atoms with Crippen molar-refractivity contribution in [1.29, 1.82) is 0 Å². The van der Waals surface area contributed by atoms with Crippen molar-refractivity contribution in [3.8, 4) is 0 Å². The van der Waals surface area contributed by atoms with Gasteiger partial charge in [0.05, 0.1) is 18.8 Å². The Morgan fingerprint density at radius 1 is 1.11 bits per heavy atom. The van der Waals surface area contributed by atoms with Crippen molar-refractivity contribution < 1.29 is 19.0 Å². The molecule has 0 amide bonds. The molecular formula is C14H24O4. The topological polar surface area (TPSA) is 44.8 Å². The lowest BCUT2D eigenvalue weighted by atomic mass is 9.87. The van der Waals surface area contributed by atoms with E-state index < -0.39 is 0 Å². The van der Waals surface area contributed by atoms with Crippen LogP contribution in [0.4, 0.5) is 0 Å². The van der Waals surface area contributed by atoms with Crippen LogP contribution < -0.4 is 0 Å². The summed E-state index contributed by atoms with van der Waals surface area (Å²) in [5.41, 5.74) is 0. The van der Waals surface area contributed by atoms with E-state index in [-0.39, 0.29) is 24.1 Å². The zero-order valence-corrected chi connectivity index (χ0v) is 11.2. The van der Waals surface area contributed by atoms with Crippen molar-refractivity contribution in [2.75, 3.05) is 19.8 Å². The van der Waals surface area contributed by atoms with Crippen LogP contribution in [0.5, 0.6) is 0 Å². The lowest BCUT2D eigenvalue weighted by molar-refractivity contribution is -0.168. The quantitative estimate of drug-likeness (QED) is 0.724. The largest absolute Gasteiger partial charge is 0.466 e. The van der Waals surface area contributed by atoms with Crippen molar-refractivity contribution in [1.82, 2.24) is 0 Å². The van der Waals surface area contributed by atoms with E-state index in [1.807, 2.05) is 6.92 Å². The van der Waals surface area contributed by atoms with Gasteiger partial charge < -0.3 is 14.2 Å². The van der Waals surface area contributed by atoms with E-state index in [0.29, 0.717) is 6.61 Å². The van der Waals surface area contributed by atoms with Crippen molar-refractivity contribution in [3.05, 3.63) is 0 Å². The van der Waals surface area contributed by atoms with Gasteiger partial charge in [0.2, 0.25) is 0 Å². The molecule has 0 aromatic heterocycles. The Balaban J connectivity index is 2.02. The fraction of sp³-hybridized carbons (Fsp3) is 0.929. The molecule has 0 spiro atoms. The highest BCUT2D eigenvalue weighted by Gasteiger charge is 2.39. The molecule has 4 nitrogen and oxygen atoms in total. The Morgan fingerprint density at radius 3 is 2.06 bits per heavy atom. The third-order valence-electron chi connectivity index (χ3n) is 3.79. The standard InChI is InChI=1S/C14H24O4/c1-2-16-14(15)13(11-7-3-5-9-17-11)12-8-4-6-10-18-12/h11-13H,2-10H2,1H3. The molecule has 0 radical (unpaired) electrons. The zero-order valence-electron chi connectivity index (χ0n) is 11.2. The highest BCUT2D eigenvalue weighted by Crippen LogP contribution is 2.29. The van der Waals surface area contributed by atoms with Gasteiger partial charge in [-0.05, 0) is 45.4 Å². The molecule has 18 heavy (non-hydrogen) atoms. The van der Waals surface area contributed by atoms with E-state index in [9.17, 15) is 4.79 Å². The number of ether oxygens (including phenoxy) is 3. The van der Waals surface area contributed by atoms with E-state index in [1.165, 1.54) is 0 Å². The zero-order chi connectivity index (χ0) is 12.8. The molecule has 0 bridgehead atoms. The molecule has 0 aromatic rings. The van der Waals surface area contributed by atoms with Crippen LogP contribution in [0.25, 0.3) is 0 Å². The van der Waals surface area contributed by atoms with Gasteiger partial charge in [0.15, 0.2) is 0 Å². The smallest absolute Gasteiger partial charge is 0.314 e. The van der Waals surface area contributed by atoms with Crippen molar-refractivity contribution in [2.24, 2.45) is 5.92 Å². The highest BCUT2D eigenvalue weighted by molar-refractivity contribution is 5.74. The van der Waals surface area contributed by atoms with Gasteiger partial charge in [-0.2, -0.15) is 0 Å². The molecule has 0 N–H and O–H groups in total. The maximum atomic E-state index is 12.2. The van der Waals surface area contributed by atoms with Crippen LogP contribution in [0, 0.1) is 5.92 Å². The van der Waals surface area contributed by atoms with Gasteiger partial charge in [0.1, 0.15) is 5.92 Å². The van der Waals surface area contributed by atoms with Gasteiger partial charge in [-0.1, -0.05) is 0 Å². The third kappa shape index (κ3) is 3.45. The Hall–Kier alpha value is -0.610. The van der Waals surface area contributed by atoms with Crippen LogP contribution in [0.15, 0.2) is 0 Å². The Kier molecular flexibility index (Phi) is 5.45. The fourth-order valence-electron chi connectivity index (χ4n) is 2.88. The molecule has 2 aliphatic heterocycles. The normalized spacial score (nSPS) is 30.7. The average molecular weight is 256 g/mol. The first kappa shape index (κ1) is 13.8. The van der Waals surface area contributed by atoms with E-state index in [0.717, 1.165) is 51.7 Å². The molecule has 0 saturated carbocycles. The molecule has 2 unspecified atom stereocenters. The molecule has 104 valence electrons. The van der Waals surface area contributed by atoms with E-state index in [1.54, 1.807) is 0 Å². The van der Waals surface area contributed by atoms with Gasteiger partial charge >= 0.3 is 5.97 Å². The van der Waals surface area contributed by atoms with Gasteiger partial charge in [-0.15, -0.1) is 0 Å². The average Bonchev–Trinajstić information content (AvgIpc) is 2.42. The molecule has 2 fully saturated rings. The minimum Gasteiger partial charge on any atom is -0.466 e. The minimum absolute atomic E-state index is 0.0131. The van der Waals surface area contributed by atoms with E-state index >= 15 is 0 Å². The fourth-order valence-corrected chi connectivity index (χ4v) is 2.88. The first-order chi connectivity index (χ1) is 8.83. The molecular weight excluding hydrogens is 232 g/mol. The number of carbonyl (C=O) groups excluding carboxylic acids is 1. The third-order valence-corrected chi connectivity index (χ3v) is 3.79. The van der Waals surface area contributed by atoms with Crippen LogP contribution in [-0.2, 0) is 19.0 Å². The van der Waals surface area contributed by atoms with Crippen LogP contribution >= 0.6 is 0 Å². The van der Waals surface area contributed by atoms with Crippen LogP contribution in [0.1, 0.15) is 45.4 Å². The van der Waals surface area contributed by atoms with Crippen LogP contribution in [0.2, 0.25) is 0 Å². The Bertz CT molecular complexity index is 237. The number of esters is 1. The second kappa shape index (κ2) is 7.10. The molecule has 2 rings (SSSR count). The predicted molar refractivity (Wildman–Crippen MR) is 67.3 cm³/mol. The predicted octanol–water partition coefficient (Wildman–Crippen LogP) is 2.30. The van der Waals surface area contributed by atoms with Crippen LogP contribution in [-0.4, -0.2) is 38.0 Å². The molecule has 0 aromatic carbocycles. The Morgan fingerprint density at radius 2 is 1.67 bits per heavy atom. The summed E-state index contributed by atoms with van der Waals surface area (Å²) in [6, 6.07) is 0. The van der Waals surface area contributed by atoms with Crippen molar-refractivity contribution >= 4 is 5.97 Å². The molecule has 2 heterocycles. The van der Waals surface area contributed by atoms with Gasteiger partial charge in [0.25, 0.3) is 0 Å². The second-order valence-corrected chi connectivity index (χ2v) is 5.09. The lowest BCUT2D eigenvalue weighted by Crippen LogP contribution is -2.44. The summed E-state index contributed by atoms with van der Waals surface area (Å²) in [6.45, 7) is 3.79. The molecule has 2 aliphatic rings. The first-order valence-electron chi connectivity index (χ1n) is 7.22. The lowest BCUT2D eigenvalue weighted by Gasteiger charge is -2.35. The number of hydrogen-bond acceptors (Lipinski definition) is 4. The van der Waals surface area contributed by atoms with E-state index in [2.05, 4.69) is 0 Å². The highest BCUT2D eigenvalue weighted by atomic mass is 16.5. The Labute approximate surface area is 109 Å². The summed E-state index contributed by atoms with van der Waals surface area (Å²) >= 11 is 0. The first-order valence-corrected chi connectivity index (χ1v) is 7.22. The maximum absolute atomic E-state index is 12.2. The summed E-state index contributed by atoms with van der Waals surface area (Å²) in [5, 5.41) is 0. The molecule has 0 aliphatic carbocycles. The van der Waals surface area contributed by atoms with Gasteiger partial charge in [-0.25, -0.2) is 0 Å². The summed E-state index contributed by atoms with van der Waals surface area (Å²) in [5.74, 6) is -0.373. The van der Waals surface area contributed by atoms with E-state index in [4.69, 9.17) is 14.2 Å². The molecule has 2 saturated heterocycles. The van der Waals surface area contributed by atoms with Crippen molar-refractivity contribution in [2.45, 2.75) is 57.7 Å².